The Morgan fingerprint density at radius 2 is 0.667 bits per heavy atom. The number of aliphatic hydroxyl groups is 1. The predicted octanol–water partition coefficient (Wildman–Crippen LogP) is 12.6. The SMILES string of the molecule is CCCCCCCCCCCCCCCCCC[C@H](OC(=O)[C@@H](O)CCCCCCCCCCCCCCCCCC)C(=O)O. The number of hydrogen-bond donors (Lipinski definition) is 2. The Labute approximate surface area is 280 Å². The molecule has 0 spiro atoms. The highest BCUT2D eigenvalue weighted by Gasteiger charge is 2.25. The van der Waals surface area contributed by atoms with Gasteiger partial charge in [-0.15, -0.1) is 0 Å². The van der Waals surface area contributed by atoms with E-state index in [0.29, 0.717) is 12.8 Å². The molecule has 0 amide bonds. The van der Waals surface area contributed by atoms with Gasteiger partial charge in [-0.3, -0.25) is 0 Å². The maximum Gasteiger partial charge on any atom is 0.345 e. The summed E-state index contributed by atoms with van der Waals surface area (Å²) in [6, 6.07) is 0. The van der Waals surface area contributed by atoms with Crippen molar-refractivity contribution in [1.82, 2.24) is 0 Å². The lowest BCUT2D eigenvalue weighted by atomic mass is 10.0. The van der Waals surface area contributed by atoms with E-state index in [0.717, 1.165) is 38.5 Å². The van der Waals surface area contributed by atoms with Crippen molar-refractivity contribution < 1.29 is 24.5 Å². The number of unbranched alkanes of at least 4 members (excludes halogenated alkanes) is 30. The van der Waals surface area contributed by atoms with Crippen LogP contribution in [-0.2, 0) is 14.3 Å². The fourth-order valence-corrected chi connectivity index (χ4v) is 6.33. The second kappa shape index (κ2) is 35.7. The van der Waals surface area contributed by atoms with E-state index in [1.54, 1.807) is 0 Å². The summed E-state index contributed by atoms with van der Waals surface area (Å²) in [4.78, 5) is 23.9. The fourth-order valence-electron chi connectivity index (χ4n) is 6.33. The van der Waals surface area contributed by atoms with Gasteiger partial charge in [-0.1, -0.05) is 213 Å². The smallest absolute Gasteiger partial charge is 0.345 e. The van der Waals surface area contributed by atoms with Crippen molar-refractivity contribution in [2.75, 3.05) is 0 Å². The van der Waals surface area contributed by atoms with Gasteiger partial charge in [0, 0.05) is 0 Å². The summed E-state index contributed by atoms with van der Waals surface area (Å²) in [5.74, 6) is -1.89. The number of aliphatic carboxylic acids is 1. The van der Waals surface area contributed by atoms with Crippen LogP contribution in [-0.4, -0.2) is 34.4 Å². The van der Waals surface area contributed by atoms with Gasteiger partial charge >= 0.3 is 11.9 Å². The van der Waals surface area contributed by atoms with Crippen molar-refractivity contribution in [3.63, 3.8) is 0 Å². The van der Waals surface area contributed by atoms with E-state index in [4.69, 9.17) is 4.74 Å². The third kappa shape index (κ3) is 32.6. The molecule has 0 aliphatic rings. The Balaban J connectivity index is 3.61. The standard InChI is InChI=1S/C40H78O5/c1-3-5-7-9-11-13-15-17-19-21-23-25-27-29-31-33-35-37(41)40(44)45-38(39(42)43)36-34-32-30-28-26-24-22-20-18-16-14-12-10-8-6-4-2/h37-38,41H,3-36H2,1-2H3,(H,42,43)/t37-,38-/m0/s1. The molecule has 2 N–H and O–H groups in total. The second-order valence-corrected chi connectivity index (χ2v) is 14.0. The largest absolute Gasteiger partial charge is 0.479 e. The van der Waals surface area contributed by atoms with Crippen LogP contribution in [0.25, 0.3) is 0 Å². The highest BCUT2D eigenvalue weighted by Crippen LogP contribution is 2.17. The number of carboxylic acids is 1. The third-order valence-corrected chi connectivity index (χ3v) is 9.46. The van der Waals surface area contributed by atoms with Gasteiger partial charge in [0.25, 0.3) is 0 Å². The number of rotatable bonds is 37. The van der Waals surface area contributed by atoms with Crippen molar-refractivity contribution in [2.24, 2.45) is 0 Å². The molecule has 0 heterocycles. The average Bonchev–Trinajstić information content (AvgIpc) is 3.03. The Kier molecular flexibility index (Phi) is 34.9. The Morgan fingerprint density at radius 3 is 0.933 bits per heavy atom. The summed E-state index contributed by atoms with van der Waals surface area (Å²) < 4.78 is 5.19. The molecule has 268 valence electrons. The van der Waals surface area contributed by atoms with Gasteiger partial charge in [-0.05, 0) is 19.3 Å². The molecule has 0 rings (SSSR count). The minimum Gasteiger partial charge on any atom is -0.479 e. The minimum atomic E-state index is -1.22. The van der Waals surface area contributed by atoms with Crippen molar-refractivity contribution in [3.8, 4) is 0 Å². The summed E-state index contributed by atoms with van der Waals surface area (Å²) >= 11 is 0. The number of esters is 1. The van der Waals surface area contributed by atoms with Gasteiger partial charge in [0.1, 0.15) is 0 Å². The maximum absolute atomic E-state index is 12.3. The first-order chi connectivity index (χ1) is 22.0. The molecule has 0 aromatic heterocycles. The lowest BCUT2D eigenvalue weighted by Crippen LogP contribution is -2.32. The maximum atomic E-state index is 12.3. The lowest BCUT2D eigenvalue weighted by molar-refractivity contribution is -0.170. The summed E-state index contributed by atoms with van der Waals surface area (Å²) in [6.07, 6.45) is 39.1. The zero-order valence-corrected chi connectivity index (χ0v) is 30.3. The number of aliphatic hydroxyl groups excluding tert-OH is 1. The molecule has 0 aromatic rings. The lowest BCUT2D eigenvalue weighted by Gasteiger charge is -2.16. The van der Waals surface area contributed by atoms with Crippen LogP contribution in [0, 0.1) is 0 Å². The van der Waals surface area contributed by atoms with Crippen molar-refractivity contribution in [2.45, 2.75) is 244 Å². The van der Waals surface area contributed by atoms with Gasteiger partial charge in [-0.2, -0.15) is 0 Å². The summed E-state index contributed by atoms with van der Waals surface area (Å²) in [5, 5.41) is 19.7. The number of hydrogen-bond acceptors (Lipinski definition) is 4. The number of carbonyl (C=O) groups is 2. The zero-order chi connectivity index (χ0) is 33.1. The fraction of sp³-hybridized carbons (Fsp3) is 0.950. The highest BCUT2D eigenvalue weighted by molar-refractivity contribution is 5.80. The first-order valence-corrected chi connectivity index (χ1v) is 20.1. The molecule has 0 saturated heterocycles. The highest BCUT2D eigenvalue weighted by atomic mass is 16.6. The van der Waals surface area contributed by atoms with Crippen LogP contribution in [0.2, 0.25) is 0 Å². The molecule has 5 heteroatoms. The van der Waals surface area contributed by atoms with Crippen LogP contribution in [0.3, 0.4) is 0 Å². The molecule has 0 fully saturated rings. The van der Waals surface area contributed by atoms with Crippen LogP contribution in [0.1, 0.15) is 232 Å². The number of carboxylic acid groups (broad SMARTS) is 1. The number of carbonyl (C=O) groups excluding carboxylic acids is 1. The first-order valence-electron chi connectivity index (χ1n) is 20.1. The van der Waals surface area contributed by atoms with Crippen LogP contribution < -0.4 is 0 Å². The van der Waals surface area contributed by atoms with E-state index in [-0.39, 0.29) is 0 Å². The Hall–Kier alpha value is -1.10. The normalized spacial score (nSPS) is 12.8. The Morgan fingerprint density at radius 1 is 0.422 bits per heavy atom. The summed E-state index contributed by atoms with van der Waals surface area (Å²) in [7, 11) is 0. The van der Waals surface area contributed by atoms with Crippen LogP contribution in [0.15, 0.2) is 0 Å². The van der Waals surface area contributed by atoms with Gasteiger partial charge < -0.3 is 14.9 Å². The average molecular weight is 639 g/mol. The van der Waals surface area contributed by atoms with Gasteiger partial charge in [0.15, 0.2) is 12.2 Å². The van der Waals surface area contributed by atoms with Crippen molar-refractivity contribution >= 4 is 11.9 Å². The molecule has 0 aliphatic heterocycles. The first kappa shape index (κ1) is 43.9. The monoisotopic (exact) mass is 639 g/mol. The topological polar surface area (TPSA) is 83.8 Å². The van der Waals surface area contributed by atoms with Crippen LogP contribution >= 0.6 is 0 Å². The third-order valence-electron chi connectivity index (χ3n) is 9.46. The summed E-state index contributed by atoms with van der Waals surface area (Å²) in [5.41, 5.74) is 0. The molecule has 0 radical (unpaired) electrons. The van der Waals surface area contributed by atoms with E-state index >= 15 is 0 Å². The quantitative estimate of drug-likeness (QED) is 0.0522. The van der Waals surface area contributed by atoms with E-state index in [1.165, 1.54) is 167 Å². The summed E-state index contributed by atoms with van der Waals surface area (Å²) in [6.45, 7) is 4.54. The van der Waals surface area contributed by atoms with E-state index in [1.807, 2.05) is 0 Å². The van der Waals surface area contributed by atoms with Gasteiger partial charge in [0.05, 0.1) is 0 Å². The molecule has 0 unspecified atom stereocenters. The predicted molar refractivity (Wildman–Crippen MR) is 192 cm³/mol. The molecule has 0 aromatic carbocycles. The Bertz CT molecular complexity index is 622. The molecule has 0 aliphatic carbocycles. The number of ether oxygens (including phenoxy) is 1. The molecular formula is C40H78O5. The molecule has 5 nitrogen and oxygen atoms in total. The van der Waals surface area contributed by atoms with Crippen LogP contribution in [0.5, 0.6) is 0 Å². The molecule has 2 atom stereocenters. The van der Waals surface area contributed by atoms with Crippen molar-refractivity contribution in [3.05, 3.63) is 0 Å². The molecule has 0 bridgehead atoms. The molecule has 45 heavy (non-hydrogen) atoms. The van der Waals surface area contributed by atoms with Gasteiger partial charge in [0.2, 0.25) is 0 Å². The van der Waals surface area contributed by atoms with E-state index in [9.17, 15) is 19.8 Å². The van der Waals surface area contributed by atoms with E-state index in [2.05, 4.69) is 13.8 Å². The van der Waals surface area contributed by atoms with E-state index < -0.39 is 24.1 Å². The second-order valence-electron chi connectivity index (χ2n) is 14.0. The van der Waals surface area contributed by atoms with Crippen molar-refractivity contribution in [1.29, 1.82) is 0 Å². The van der Waals surface area contributed by atoms with Crippen LogP contribution in [0.4, 0.5) is 0 Å². The molecular weight excluding hydrogens is 560 g/mol. The zero-order valence-electron chi connectivity index (χ0n) is 30.3. The molecule has 0 saturated carbocycles. The minimum absolute atomic E-state index is 0.325. The van der Waals surface area contributed by atoms with Gasteiger partial charge in [-0.25, -0.2) is 9.59 Å².